The Balaban J connectivity index is 2.08. The number of rotatable bonds is 3. The van der Waals surface area contributed by atoms with Crippen LogP contribution in [0.1, 0.15) is 32.0 Å². The summed E-state index contributed by atoms with van der Waals surface area (Å²) in [6, 6.07) is 8.03. The van der Waals surface area contributed by atoms with Crippen LogP contribution in [0.15, 0.2) is 40.5 Å². The minimum absolute atomic E-state index is 0.175. The van der Waals surface area contributed by atoms with Gasteiger partial charge in [-0.05, 0) is 76.2 Å². The monoisotopic (exact) mass is 288 g/mol. The smallest absolute Gasteiger partial charge is 0.192 e. The Kier molecular flexibility index (Phi) is 4.33. The highest BCUT2D eigenvalue weighted by molar-refractivity contribution is 7.99. The van der Waals surface area contributed by atoms with Gasteiger partial charge in [-0.25, -0.2) is 9.97 Å². The highest BCUT2D eigenvalue weighted by Crippen LogP contribution is 2.27. The molecule has 0 radical (unpaired) electrons. The molecule has 0 unspecified atom stereocenters. The summed E-state index contributed by atoms with van der Waals surface area (Å²) in [4.78, 5) is 9.91. The molecule has 0 bridgehead atoms. The second-order valence-electron chi connectivity index (χ2n) is 5.71. The summed E-state index contributed by atoms with van der Waals surface area (Å²) in [5.74, 6) is 0.878. The number of benzene rings is 1. The first-order valence-corrected chi connectivity index (χ1v) is 7.42. The molecular weight excluding hydrogens is 268 g/mol. The molecule has 0 aliphatic heterocycles. The minimum Gasteiger partial charge on any atom is -0.488 e. The molecule has 0 saturated carbocycles. The SMILES string of the molecule is Cc1cnc(Sc2ccc(OC(C)(C)C)cc2)nc1C. The first-order chi connectivity index (χ1) is 9.33. The zero-order chi connectivity index (χ0) is 14.8. The van der Waals surface area contributed by atoms with E-state index in [4.69, 9.17) is 4.74 Å². The van der Waals surface area contributed by atoms with Crippen LogP contribution in [0, 0.1) is 13.8 Å². The van der Waals surface area contributed by atoms with Gasteiger partial charge in [-0.2, -0.15) is 0 Å². The number of ether oxygens (including phenoxy) is 1. The van der Waals surface area contributed by atoms with E-state index in [1.165, 1.54) is 0 Å². The van der Waals surface area contributed by atoms with Crippen molar-refractivity contribution in [3.8, 4) is 5.75 Å². The maximum absolute atomic E-state index is 5.80. The molecule has 1 aromatic carbocycles. The van der Waals surface area contributed by atoms with Gasteiger partial charge in [0.2, 0.25) is 0 Å². The molecule has 0 aliphatic carbocycles. The Labute approximate surface area is 124 Å². The van der Waals surface area contributed by atoms with Crippen molar-refractivity contribution in [1.82, 2.24) is 9.97 Å². The predicted molar refractivity (Wildman–Crippen MR) is 82.5 cm³/mol. The van der Waals surface area contributed by atoms with E-state index in [0.29, 0.717) is 0 Å². The Hall–Kier alpha value is -1.55. The molecule has 0 fully saturated rings. The first-order valence-electron chi connectivity index (χ1n) is 6.61. The van der Waals surface area contributed by atoms with Crippen LogP contribution in [0.25, 0.3) is 0 Å². The Morgan fingerprint density at radius 3 is 2.25 bits per heavy atom. The van der Waals surface area contributed by atoms with Crippen LogP contribution in [-0.4, -0.2) is 15.6 Å². The average molecular weight is 288 g/mol. The van der Waals surface area contributed by atoms with Gasteiger partial charge in [-0.15, -0.1) is 0 Å². The second kappa shape index (κ2) is 5.83. The lowest BCUT2D eigenvalue weighted by Crippen LogP contribution is -2.22. The largest absolute Gasteiger partial charge is 0.488 e. The summed E-state index contributed by atoms with van der Waals surface area (Å²) in [6.07, 6.45) is 1.86. The molecule has 106 valence electrons. The van der Waals surface area contributed by atoms with Crippen molar-refractivity contribution in [1.29, 1.82) is 0 Å². The van der Waals surface area contributed by atoms with E-state index in [1.54, 1.807) is 11.8 Å². The van der Waals surface area contributed by atoms with Crippen molar-refractivity contribution in [2.24, 2.45) is 0 Å². The molecular formula is C16H20N2OS. The predicted octanol–water partition coefficient (Wildman–Crippen LogP) is 4.42. The lowest BCUT2D eigenvalue weighted by Gasteiger charge is -2.21. The standard InChI is InChI=1S/C16H20N2OS/c1-11-10-17-15(18-12(11)2)20-14-8-6-13(7-9-14)19-16(3,4)5/h6-10H,1-5H3. The van der Waals surface area contributed by atoms with Crippen molar-refractivity contribution in [3.63, 3.8) is 0 Å². The molecule has 0 spiro atoms. The summed E-state index contributed by atoms with van der Waals surface area (Å²) >= 11 is 1.56. The van der Waals surface area contributed by atoms with Crippen molar-refractivity contribution < 1.29 is 4.74 Å². The summed E-state index contributed by atoms with van der Waals surface area (Å²) in [5, 5.41) is 0.776. The molecule has 1 aromatic heterocycles. The normalized spacial score (nSPS) is 11.4. The Morgan fingerprint density at radius 2 is 1.70 bits per heavy atom. The first kappa shape index (κ1) is 14.9. The van der Waals surface area contributed by atoms with Crippen LogP contribution >= 0.6 is 11.8 Å². The maximum Gasteiger partial charge on any atom is 0.192 e. The van der Waals surface area contributed by atoms with Crippen molar-refractivity contribution in [2.75, 3.05) is 0 Å². The molecule has 20 heavy (non-hydrogen) atoms. The zero-order valence-corrected chi connectivity index (χ0v) is 13.4. The highest BCUT2D eigenvalue weighted by Gasteiger charge is 2.11. The number of aryl methyl sites for hydroxylation is 2. The number of aromatic nitrogens is 2. The van der Waals surface area contributed by atoms with Crippen LogP contribution in [0.2, 0.25) is 0 Å². The van der Waals surface area contributed by atoms with Crippen LogP contribution in [0.5, 0.6) is 5.75 Å². The number of hydrogen-bond donors (Lipinski definition) is 0. The topological polar surface area (TPSA) is 35.0 Å². The van der Waals surface area contributed by atoms with Gasteiger partial charge in [0.25, 0.3) is 0 Å². The summed E-state index contributed by atoms with van der Waals surface area (Å²) in [5.41, 5.74) is 1.96. The molecule has 3 nitrogen and oxygen atoms in total. The van der Waals surface area contributed by atoms with Gasteiger partial charge in [0, 0.05) is 16.8 Å². The summed E-state index contributed by atoms with van der Waals surface area (Å²) in [7, 11) is 0. The van der Waals surface area contributed by atoms with Gasteiger partial charge in [0.15, 0.2) is 5.16 Å². The average Bonchev–Trinajstić information content (AvgIpc) is 2.35. The summed E-state index contributed by atoms with van der Waals surface area (Å²) < 4.78 is 5.80. The third-order valence-corrected chi connectivity index (χ3v) is 3.55. The van der Waals surface area contributed by atoms with Crippen LogP contribution in [0.3, 0.4) is 0 Å². The fourth-order valence-electron chi connectivity index (χ4n) is 1.59. The van der Waals surface area contributed by atoms with Gasteiger partial charge < -0.3 is 4.74 Å². The molecule has 2 aromatic rings. The van der Waals surface area contributed by atoms with Gasteiger partial charge in [0.1, 0.15) is 11.4 Å². The van der Waals surface area contributed by atoms with Crippen molar-refractivity contribution in [2.45, 2.75) is 50.3 Å². The maximum atomic E-state index is 5.80. The summed E-state index contributed by atoms with van der Waals surface area (Å²) in [6.45, 7) is 10.1. The van der Waals surface area contributed by atoms with Crippen molar-refractivity contribution in [3.05, 3.63) is 41.7 Å². The fraction of sp³-hybridized carbons (Fsp3) is 0.375. The molecule has 1 heterocycles. The van der Waals surface area contributed by atoms with Gasteiger partial charge in [-0.3, -0.25) is 0 Å². The Morgan fingerprint density at radius 1 is 1.05 bits per heavy atom. The van der Waals surface area contributed by atoms with E-state index in [-0.39, 0.29) is 5.60 Å². The molecule has 4 heteroatoms. The molecule has 0 N–H and O–H groups in total. The van der Waals surface area contributed by atoms with Crippen LogP contribution < -0.4 is 4.74 Å². The van der Waals surface area contributed by atoms with Gasteiger partial charge >= 0.3 is 0 Å². The Bertz CT molecular complexity index is 588. The number of nitrogens with zero attached hydrogens (tertiary/aromatic N) is 2. The highest BCUT2D eigenvalue weighted by atomic mass is 32.2. The zero-order valence-electron chi connectivity index (χ0n) is 12.6. The lowest BCUT2D eigenvalue weighted by molar-refractivity contribution is 0.131. The molecule has 0 saturated heterocycles. The molecule has 0 amide bonds. The third-order valence-electron chi connectivity index (χ3n) is 2.66. The van der Waals surface area contributed by atoms with E-state index in [2.05, 4.69) is 9.97 Å². The fourth-order valence-corrected chi connectivity index (χ4v) is 2.36. The third kappa shape index (κ3) is 4.23. The van der Waals surface area contributed by atoms with E-state index in [1.807, 2.05) is 65.1 Å². The van der Waals surface area contributed by atoms with Crippen molar-refractivity contribution >= 4 is 11.8 Å². The molecule has 0 aliphatic rings. The van der Waals surface area contributed by atoms with E-state index < -0.39 is 0 Å². The van der Waals surface area contributed by atoms with E-state index >= 15 is 0 Å². The minimum atomic E-state index is -0.175. The van der Waals surface area contributed by atoms with E-state index in [9.17, 15) is 0 Å². The van der Waals surface area contributed by atoms with Gasteiger partial charge in [-0.1, -0.05) is 0 Å². The molecule has 0 atom stereocenters. The molecule has 2 rings (SSSR count). The second-order valence-corrected chi connectivity index (χ2v) is 6.75. The van der Waals surface area contributed by atoms with Crippen LogP contribution in [0.4, 0.5) is 0 Å². The van der Waals surface area contributed by atoms with Crippen LogP contribution in [-0.2, 0) is 0 Å². The number of hydrogen-bond acceptors (Lipinski definition) is 4. The van der Waals surface area contributed by atoms with E-state index in [0.717, 1.165) is 27.1 Å². The lowest BCUT2D eigenvalue weighted by atomic mass is 10.2. The quantitative estimate of drug-likeness (QED) is 0.783. The van der Waals surface area contributed by atoms with Gasteiger partial charge in [0.05, 0.1) is 0 Å².